The highest BCUT2D eigenvalue weighted by molar-refractivity contribution is 6.04. The van der Waals surface area contributed by atoms with E-state index in [-0.39, 0.29) is 17.9 Å². The van der Waals surface area contributed by atoms with Crippen LogP contribution in [0.4, 0.5) is 0 Å². The first-order chi connectivity index (χ1) is 14.1. The van der Waals surface area contributed by atoms with Crippen molar-refractivity contribution in [2.24, 2.45) is 5.92 Å². The van der Waals surface area contributed by atoms with Crippen LogP contribution in [0.5, 0.6) is 0 Å². The Morgan fingerprint density at radius 2 is 2.00 bits per heavy atom. The van der Waals surface area contributed by atoms with Crippen molar-refractivity contribution in [2.45, 2.75) is 25.4 Å². The maximum Gasteiger partial charge on any atom is 0.275 e. The average molecular weight is 389 g/mol. The van der Waals surface area contributed by atoms with Crippen molar-refractivity contribution in [3.8, 4) is 0 Å². The summed E-state index contributed by atoms with van der Waals surface area (Å²) in [5, 5.41) is 5.43. The molecule has 2 aliphatic heterocycles. The van der Waals surface area contributed by atoms with E-state index in [1.165, 1.54) is 0 Å². The zero-order valence-corrected chi connectivity index (χ0v) is 16.4. The molecule has 0 spiro atoms. The molecule has 2 amide bonds. The van der Waals surface area contributed by atoms with E-state index < -0.39 is 0 Å². The Labute approximate surface area is 168 Å². The number of likely N-dealkylation sites (N-methyl/N-ethyl adjacent to an activating group) is 1. The third-order valence-electron chi connectivity index (χ3n) is 6.22. The van der Waals surface area contributed by atoms with E-state index in [0.717, 1.165) is 17.4 Å². The maximum absolute atomic E-state index is 13.4. The van der Waals surface area contributed by atoms with Crippen LogP contribution in [0.2, 0.25) is 0 Å². The number of aromatic nitrogens is 3. The fraction of sp³-hybridized carbons (Fsp3) is 0.364. The number of hydrogen-bond donors (Lipinski definition) is 0. The molecular formula is C22H23N5O2. The second-order valence-electron chi connectivity index (χ2n) is 7.94. The van der Waals surface area contributed by atoms with Gasteiger partial charge < -0.3 is 9.80 Å². The van der Waals surface area contributed by atoms with E-state index in [1.54, 1.807) is 15.8 Å². The number of benzene rings is 1. The van der Waals surface area contributed by atoms with Gasteiger partial charge in [0.05, 0.1) is 18.0 Å². The third kappa shape index (κ3) is 3.06. The average Bonchev–Trinajstić information content (AvgIpc) is 3.25. The topological polar surface area (TPSA) is 71.3 Å². The summed E-state index contributed by atoms with van der Waals surface area (Å²) in [6, 6.07) is 13.9. The Kier molecular flexibility index (Phi) is 4.30. The summed E-state index contributed by atoms with van der Waals surface area (Å²) in [7, 11) is 1.84. The van der Waals surface area contributed by atoms with Crippen molar-refractivity contribution in [3.05, 3.63) is 59.9 Å². The number of piperidine rings is 1. The Balaban J connectivity index is 1.45. The van der Waals surface area contributed by atoms with Crippen molar-refractivity contribution in [3.63, 3.8) is 0 Å². The monoisotopic (exact) mass is 389 g/mol. The van der Waals surface area contributed by atoms with Crippen molar-refractivity contribution < 1.29 is 9.59 Å². The number of amides is 2. The molecule has 0 saturated carbocycles. The van der Waals surface area contributed by atoms with E-state index in [9.17, 15) is 9.59 Å². The molecule has 0 radical (unpaired) electrons. The predicted octanol–water partition coefficient (Wildman–Crippen LogP) is 2.17. The van der Waals surface area contributed by atoms with Crippen LogP contribution < -0.4 is 0 Å². The molecule has 2 fully saturated rings. The van der Waals surface area contributed by atoms with Crippen LogP contribution in [-0.2, 0) is 11.3 Å². The van der Waals surface area contributed by atoms with Gasteiger partial charge in [-0.2, -0.15) is 5.10 Å². The summed E-state index contributed by atoms with van der Waals surface area (Å²) >= 11 is 0. The van der Waals surface area contributed by atoms with Gasteiger partial charge in [0.2, 0.25) is 5.91 Å². The molecule has 3 aromatic rings. The number of nitrogens with zero attached hydrogens (tertiary/aromatic N) is 5. The summed E-state index contributed by atoms with van der Waals surface area (Å²) < 4.78 is 1.80. The summed E-state index contributed by atoms with van der Waals surface area (Å²) in [4.78, 5) is 33.5. The third-order valence-corrected chi connectivity index (χ3v) is 6.22. The van der Waals surface area contributed by atoms with Gasteiger partial charge >= 0.3 is 0 Å². The molecule has 29 heavy (non-hydrogen) atoms. The number of likely N-dealkylation sites (tertiary alicyclic amines) is 2. The van der Waals surface area contributed by atoms with Crippen molar-refractivity contribution >= 4 is 22.8 Å². The van der Waals surface area contributed by atoms with E-state index >= 15 is 0 Å². The molecule has 7 heteroatoms. The Morgan fingerprint density at radius 3 is 2.83 bits per heavy atom. The van der Waals surface area contributed by atoms with E-state index in [2.05, 4.69) is 10.1 Å². The first-order valence-corrected chi connectivity index (χ1v) is 10.0. The van der Waals surface area contributed by atoms with Crippen LogP contribution in [0.15, 0.2) is 48.7 Å². The number of carbonyl (C=O) groups is 2. The van der Waals surface area contributed by atoms with Crippen LogP contribution in [-0.4, -0.2) is 62.6 Å². The van der Waals surface area contributed by atoms with E-state index in [0.29, 0.717) is 43.3 Å². The normalized spacial score (nSPS) is 21.6. The van der Waals surface area contributed by atoms with Gasteiger partial charge in [0.25, 0.3) is 5.91 Å². The first kappa shape index (κ1) is 17.8. The van der Waals surface area contributed by atoms with Gasteiger partial charge in [0, 0.05) is 32.8 Å². The van der Waals surface area contributed by atoms with Gasteiger partial charge in [-0.05, 0) is 30.0 Å². The molecule has 2 atom stereocenters. The van der Waals surface area contributed by atoms with Gasteiger partial charge in [0.1, 0.15) is 0 Å². The van der Waals surface area contributed by atoms with Gasteiger partial charge in [-0.3, -0.25) is 9.59 Å². The smallest absolute Gasteiger partial charge is 0.275 e. The molecule has 2 aromatic heterocycles. The molecular weight excluding hydrogens is 366 g/mol. The van der Waals surface area contributed by atoms with Gasteiger partial charge in [-0.15, -0.1) is 0 Å². The summed E-state index contributed by atoms with van der Waals surface area (Å²) in [5.41, 5.74) is 2.26. The zero-order chi connectivity index (χ0) is 20.0. The Bertz CT molecular complexity index is 1080. The lowest BCUT2D eigenvalue weighted by molar-refractivity contribution is -0.127. The lowest BCUT2D eigenvalue weighted by atomic mass is 9.92. The molecule has 2 aliphatic rings. The molecule has 2 saturated heterocycles. The first-order valence-electron chi connectivity index (χ1n) is 10.0. The largest absolute Gasteiger partial charge is 0.341 e. The lowest BCUT2D eigenvalue weighted by Crippen LogP contribution is -2.49. The predicted molar refractivity (Wildman–Crippen MR) is 108 cm³/mol. The standard InChI is InChI=1S/C22H23N5O2/c1-25-18-14-26(11-9-16(18)12-19(25)28)22(29)20-17-8-5-10-23-21(17)27(24-20)13-15-6-3-2-4-7-15/h2-8,10,16,18H,9,11-14H2,1H3/t16-,18-/m1/s1. The van der Waals surface area contributed by atoms with Crippen molar-refractivity contribution in [1.82, 2.24) is 24.6 Å². The molecule has 0 aliphatic carbocycles. The summed E-state index contributed by atoms with van der Waals surface area (Å²) in [6.07, 6.45) is 3.18. The quantitative estimate of drug-likeness (QED) is 0.688. The molecule has 5 rings (SSSR count). The highest BCUT2D eigenvalue weighted by atomic mass is 16.2. The lowest BCUT2D eigenvalue weighted by Gasteiger charge is -2.36. The van der Waals surface area contributed by atoms with Gasteiger partial charge in [0.15, 0.2) is 11.3 Å². The molecule has 0 N–H and O–H groups in total. The summed E-state index contributed by atoms with van der Waals surface area (Å²) in [5.74, 6) is 0.447. The van der Waals surface area contributed by atoms with E-state index in [1.807, 2.05) is 54.4 Å². The van der Waals surface area contributed by atoms with Crippen LogP contribution in [0.3, 0.4) is 0 Å². The highest BCUT2D eigenvalue weighted by Crippen LogP contribution is 2.32. The Morgan fingerprint density at radius 1 is 1.17 bits per heavy atom. The molecule has 0 bridgehead atoms. The number of pyridine rings is 1. The number of carbonyl (C=O) groups excluding carboxylic acids is 2. The maximum atomic E-state index is 13.4. The molecule has 148 valence electrons. The number of hydrogen-bond acceptors (Lipinski definition) is 4. The van der Waals surface area contributed by atoms with E-state index in [4.69, 9.17) is 0 Å². The molecule has 7 nitrogen and oxygen atoms in total. The number of rotatable bonds is 3. The highest BCUT2D eigenvalue weighted by Gasteiger charge is 2.42. The minimum Gasteiger partial charge on any atom is -0.341 e. The van der Waals surface area contributed by atoms with Crippen LogP contribution in [0.25, 0.3) is 11.0 Å². The fourth-order valence-electron chi connectivity index (χ4n) is 4.58. The van der Waals surface area contributed by atoms with Gasteiger partial charge in [-0.1, -0.05) is 30.3 Å². The van der Waals surface area contributed by atoms with Crippen LogP contribution in [0, 0.1) is 5.92 Å². The molecule has 0 unspecified atom stereocenters. The minimum atomic E-state index is -0.0824. The second kappa shape index (κ2) is 6.99. The molecule has 4 heterocycles. The van der Waals surface area contributed by atoms with Crippen molar-refractivity contribution in [1.29, 1.82) is 0 Å². The second-order valence-corrected chi connectivity index (χ2v) is 7.94. The fourth-order valence-corrected chi connectivity index (χ4v) is 4.58. The summed E-state index contributed by atoms with van der Waals surface area (Å²) in [6.45, 7) is 1.79. The molecule has 1 aromatic carbocycles. The SMILES string of the molecule is CN1C(=O)C[C@H]2CCN(C(=O)c3nn(Cc4ccccc4)c4ncccc34)C[C@H]21. The minimum absolute atomic E-state index is 0.0824. The van der Waals surface area contributed by atoms with Crippen LogP contribution >= 0.6 is 0 Å². The number of fused-ring (bicyclic) bond motifs is 2. The zero-order valence-electron chi connectivity index (χ0n) is 16.4. The van der Waals surface area contributed by atoms with Crippen LogP contribution in [0.1, 0.15) is 28.9 Å². The Hall–Kier alpha value is -3.22. The van der Waals surface area contributed by atoms with Gasteiger partial charge in [-0.25, -0.2) is 9.67 Å². The van der Waals surface area contributed by atoms with Crippen molar-refractivity contribution in [2.75, 3.05) is 20.1 Å².